The van der Waals surface area contributed by atoms with Crippen molar-refractivity contribution in [3.63, 3.8) is 0 Å². The number of halogens is 6. The molecule has 0 aromatic carbocycles. The van der Waals surface area contributed by atoms with Crippen LogP contribution in [0.5, 0.6) is 0 Å². The first-order valence-electron chi connectivity index (χ1n) is 2.81. The molecule has 0 aliphatic rings. The van der Waals surface area contributed by atoms with E-state index in [0.29, 0.717) is 0 Å². The normalized spacial score (nSPS) is 13.1. The maximum Gasteiger partial charge on any atom is 0.423 e. The minimum absolute atomic E-state index is 1.02. The van der Waals surface area contributed by atoms with Gasteiger partial charge in [0.15, 0.2) is 0 Å². The van der Waals surface area contributed by atoms with Crippen molar-refractivity contribution in [2.24, 2.45) is 0 Å². The van der Waals surface area contributed by atoms with E-state index in [2.05, 4.69) is 4.74 Å². The van der Waals surface area contributed by atoms with Crippen molar-refractivity contribution in [3.05, 3.63) is 0 Å². The number of hydrogen-bond acceptors (Lipinski definition) is 2. The quantitative estimate of drug-likeness (QED) is 0.649. The van der Waals surface area contributed by atoms with E-state index in [1.807, 2.05) is 0 Å². The molecule has 0 amide bonds. The van der Waals surface area contributed by atoms with E-state index in [1.165, 1.54) is 0 Å². The molecule has 0 bridgehead atoms. The molecule has 0 fully saturated rings. The van der Waals surface area contributed by atoms with Crippen molar-refractivity contribution in [1.82, 2.24) is 0 Å². The average Bonchev–Trinajstić information content (AvgIpc) is 1.81. The summed E-state index contributed by atoms with van der Waals surface area (Å²) in [7, 11) is 0. The van der Waals surface area contributed by atoms with Crippen LogP contribution in [-0.4, -0.2) is 25.1 Å². The van der Waals surface area contributed by atoms with Crippen LogP contribution >= 0.6 is 0 Å². The zero-order valence-electron chi connectivity index (χ0n) is 5.91. The van der Waals surface area contributed by atoms with Crippen LogP contribution in [-0.2, 0) is 4.74 Å². The monoisotopic (exact) mass is 207 g/mol. The van der Waals surface area contributed by atoms with E-state index in [4.69, 9.17) is 5.26 Å². The van der Waals surface area contributed by atoms with Gasteiger partial charge in [-0.05, 0) is 0 Å². The summed E-state index contributed by atoms with van der Waals surface area (Å²) in [5.41, 5.74) is 0. The van der Waals surface area contributed by atoms with Gasteiger partial charge >= 0.3 is 12.4 Å². The fourth-order valence-electron chi connectivity index (χ4n) is 0.495. The molecule has 0 aliphatic heterocycles. The molecule has 0 spiro atoms. The molecular weight excluding hydrogens is 204 g/mol. The van der Waals surface area contributed by atoms with Crippen LogP contribution < -0.4 is 0 Å². The molecule has 0 aromatic rings. The molecule has 0 atom stereocenters. The van der Waals surface area contributed by atoms with Gasteiger partial charge < -0.3 is 4.74 Å². The minimum atomic E-state index is -5.55. The third-order valence-electron chi connectivity index (χ3n) is 0.909. The molecule has 0 heterocycles. The van der Waals surface area contributed by atoms with Crippen LogP contribution in [0.15, 0.2) is 0 Å². The average molecular weight is 207 g/mol. The van der Waals surface area contributed by atoms with E-state index in [0.717, 1.165) is 6.07 Å². The first kappa shape index (κ1) is 12.0. The topological polar surface area (TPSA) is 33.0 Å². The predicted octanol–water partition coefficient (Wildman–Crippen LogP) is 2.02. The Kier molecular flexibility index (Phi) is 3.54. The molecule has 13 heavy (non-hydrogen) atoms. The molecule has 0 unspecified atom stereocenters. The Labute approximate surface area is 68.7 Å². The van der Waals surface area contributed by atoms with Gasteiger partial charge in [0.25, 0.3) is 0 Å². The summed E-state index contributed by atoms with van der Waals surface area (Å²) in [6, 6.07) is 1.02. The summed E-state index contributed by atoms with van der Waals surface area (Å²) >= 11 is 0. The Hall–Kier alpha value is -0.970. The fourth-order valence-corrected chi connectivity index (χ4v) is 0.495. The third-order valence-corrected chi connectivity index (χ3v) is 0.909. The van der Waals surface area contributed by atoms with Gasteiger partial charge in [0.1, 0.15) is 6.61 Å². The molecule has 0 rings (SSSR count). The summed E-state index contributed by atoms with van der Waals surface area (Å²) < 4.78 is 72.8. The number of alkyl halides is 6. The van der Waals surface area contributed by atoms with E-state index in [-0.39, 0.29) is 0 Å². The summed E-state index contributed by atoms with van der Waals surface area (Å²) in [4.78, 5) is 0. The summed E-state index contributed by atoms with van der Waals surface area (Å²) in [6.07, 6.45) is -15.0. The lowest BCUT2D eigenvalue weighted by atomic mass is 10.3. The minimum Gasteiger partial charge on any atom is -0.346 e. The molecule has 0 N–H and O–H groups in total. The molecule has 2 nitrogen and oxygen atoms in total. The first-order valence-corrected chi connectivity index (χ1v) is 2.81. The molecule has 8 heteroatoms. The lowest BCUT2D eigenvalue weighted by Crippen LogP contribution is -2.44. The Morgan fingerprint density at radius 1 is 1.08 bits per heavy atom. The Morgan fingerprint density at radius 3 is 1.69 bits per heavy atom. The number of hydrogen-bond donors (Lipinski definition) is 0. The number of rotatable bonds is 2. The SMILES string of the molecule is N#CCOC(C(F)(F)F)C(F)(F)F. The van der Waals surface area contributed by atoms with Crippen LogP contribution in [0, 0.1) is 11.3 Å². The van der Waals surface area contributed by atoms with Crippen molar-refractivity contribution < 1.29 is 31.1 Å². The second-order valence-corrected chi connectivity index (χ2v) is 1.93. The van der Waals surface area contributed by atoms with Crippen molar-refractivity contribution in [2.75, 3.05) is 6.61 Å². The zero-order chi connectivity index (χ0) is 10.7. The lowest BCUT2D eigenvalue weighted by molar-refractivity contribution is -0.319. The predicted molar refractivity (Wildman–Crippen MR) is 27.5 cm³/mol. The van der Waals surface area contributed by atoms with Crippen molar-refractivity contribution in [2.45, 2.75) is 18.5 Å². The molecule has 76 valence electrons. The van der Waals surface area contributed by atoms with Crippen molar-refractivity contribution in [3.8, 4) is 6.07 Å². The van der Waals surface area contributed by atoms with Gasteiger partial charge in [0.05, 0.1) is 6.07 Å². The van der Waals surface area contributed by atoms with E-state index in [9.17, 15) is 26.3 Å². The van der Waals surface area contributed by atoms with Crippen LogP contribution in [0.25, 0.3) is 0 Å². The lowest BCUT2D eigenvalue weighted by Gasteiger charge is -2.21. The Morgan fingerprint density at radius 2 is 1.46 bits per heavy atom. The van der Waals surface area contributed by atoms with Gasteiger partial charge in [-0.15, -0.1) is 0 Å². The fraction of sp³-hybridized carbons (Fsp3) is 0.800. The van der Waals surface area contributed by atoms with Gasteiger partial charge in [-0.1, -0.05) is 0 Å². The van der Waals surface area contributed by atoms with Crippen LogP contribution in [0.3, 0.4) is 0 Å². The summed E-state index contributed by atoms with van der Waals surface area (Å²) in [5.74, 6) is 0. The molecular formula is C5H3F6NO. The standard InChI is InChI=1S/C5H3F6NO/c6-4(7,8)3(5(9,10)11)13-2-1-12/h3H,2H2. The first-order chi connectivity index (χ1) is 5.69. The highest BCUT2D eigenvalue weighted by Crippen LogP contribution is 2.35. The summed E-state index contributed by atoms with van der Waals surface area (Å²) in [6.45, 7) is -1.26. The van der Waals surface area contributed by atoms with Crippen molar-refractivity contribution in [1.29, 1.82) is 5.26 Å². The highest BCUT2D eigenvalue weighted by molar-refractivity contribution is 4.79. The van der Waals surface area contributed by atoms with Crippen molar-refractivity contribution >= 4 is 0 Å². The van der Waals surface area contributed by atoms with Gasteiger partial charge in [-0.2, -0.15) is 31.6 Å². The number of ether oxygens (including phenoxy) is 1. The van der Waals surface area contributed by atoms with Gasteiger partial charge in [0.2, 0.25) is 6.10 Å². The second-order valence-electron chi connectivity index (χ2n) is 1.93. The van der Waals surface area contributed by atoms with E-state index >= 15 is 0 Å². The summed E-state index contributed by atoms with van der Waals surface area (Å²) in [5, 5.41) is 7.74. The highest BCUT2D eigenvalue weighted by Gasteiger charge is 2.57. The zero-order valence-corrected chi connectivity index (χ0v) is 5.91. The number of nitriles is 1. The maximum atomic E-state index is 11.6. The Bertz CT molecular complexity index is 187. The van der Waals surface area contributed by atoms with Crippen LogP contribution in [0.1, 0.15) is 0 Å². The Balaban J connectivity index is 4.50. The molecule has 0 aliphatic carbocycles. The smallest absolute Gasteiger partial charge is 0.346 e. The highest BCUT2D eigenvalue weighted by atomic mass is 19.4. The number of nitrogens with zero attached hydrogens (tertiary/aromatic N) is 1. The van der Waals surface area contributed by atoms with Crippen LogP contribution in [0.4, 0.5) is 26.3 Å². The van der Waals surface area contributed by atoms with E-state index < -0.39 is 25.1 Å². The second kappa shape index (κ2) is 3.83. The largest absolute Gasteiger partial charge is 0.423 e. The van der Waals surface area contributed by atoms with Gasteiger partial charge in [0, 0.05) is 0 Å². The molecule has 0 saturated heterocycles. The molecule has 0 saturated carbocycles. The van der Waals surface area contributed by atoms with Gasteiger partial charge in [-0.25, -0.2) is 0 Å². The molecule has 0 radical (unpaired) electrons. The molecule has 0 aromatic heterocycles. The third kappa shape index (κ3) is 3.98. The maximum absolute atomic E-state index is 11.6. The van der Waals surface area contributed by atoms with Gasteiger partial charge in [-0.3, -0.25) is 0 Å². The van der Waals surface area contributed by atoms with Crippen LogP contribution in [0.2, 0.25) is 0 Å². The van der Waals surface area contributed by atoms with E-state index in [1.54, 1.807) is 0 Å².